The van der Waals surface area contributed by atoms with Crippen LogP contribution >= 0.6 is 0 Å². The van der Waals surface area contributed by atoms with Crippen molar-refractivity contribution in [2.75, 3.05) is 0 Å². The predicted octanol–water partition coefficient (Wildman–Crippen LogP) is -6.37. The van der Waals surface area contributed by atoms with E-state index in [1.165, 1.54) is 0 Å². The molecule has 0 fully saturated rings. The van der Waals surface area contributed by atoms with E-state index >= 15 is 0 Å². The third kappa shape index (κ3) is 13.4. The number of allylic oxidation sites excluding steroid dienone is 2. The first-order valence-electron chi connectivity index (χ1n) is 2.72. The molecule has 2 aliphatic rings. The van der Waals surface area contributed by atoms with Gasteiger partial charge in [-0.25, -0.2) is 0 Å². The van der Waals surface area contributed by atoms with Crippen LogP contribution in [0.2, 0.25) is 0 Å². The van der Waals surface area contributed by atoms with Crippen molar-refractivity contribution in [3.05, 3.63) is 21.9 Å². The SMILES string of the molecule is [C-]1=N[AsH]C=C1.[C-]1=N[AsH]C=C1.[Cl-].[Cl-].[Zr+4]. The summed E-state index contributed by atoms with van der Waals surface area (Å²) in [5.41, 5.74) is 0. The monoisotopic (exact) mass is 416 g/mol. The molecule has 7 heteroatoms. The molecule has 0 bridgehead atoms. The van der Waals surface area contributed by atoms with E-state index in [4.69, 9.17) is 0 Å². The van der Waals surface area contributed by atoms with Crippen LogP contribution in [0, 0.1) is 0 Å². The molecule has 0 amide bonds. The van der Waals surface area contributed by atoms with Crippen LogP contribution in [0.1, 0.15) is 0 Å². The van der Waals surface area contributed by atoms with Gasteiger partial charge in [-0.05, 0) is 0 Å². The number of rotatable bonds is 0. The Hall–Kier alpha value is 1.40. The van der Waals surface area contributed by atoms with Crippen molar-refractivity contribution in [3.8, 4) is 0 Å². The second-order valence-electron chi connectivity index (χ2n) is 1.41. The fraction of sp³-hybridized carbons (Fsp3) is 0. The maximum atomic E-state index is 3.85. The Balaban J connectivity index is -0.000000125. The quantitative estimate of drug-likeness (QED) is 0.277. The van der Waals surface area contributed by atoms with E-state index in [0.717, 1.165) is 0 Å². The normalized spacial score (nSPS) is 17.2. The van der Waals surface area contributed by atoms with Gasteiger partial charge in [0.1, 0.15) is 0 Å². The molecule has 0 N–H and O–H groups in total. The summed E-state index contributed by atoms with van der Waals surface area (Å²) in [6.45, 7) is 0. The molecule has 68 valence electrons. The van der Waals surface area contributed by atoms with Gasteiger partial charge in [0, 0.05) is 0 Å². The molecule has 13 heavy (non-hydrogen) atoms. The van der Waals surface area contributed by atoms with Crippen molar-refractivity contribution >= 4 is 44.4 Å². The zero-order chi connectivity index (χ0) is 7.07. The molecule has 2 aliphatic heterocycles. The van der Waals surface area contributed by atoms with Gasteiger partial charge in [0.2, 0.25) is 0 Å². The van der Waals surface area contributed by atoms with E-state index < -0.39 is 0 Å². The van der Waals surface area contributed by atoms with Gasteiger partial charge in [0.05, 0.1) is 0 Å². The van der Waals surface area contributed by atoms with E-state index in [0.29, 0.717) is 0 Å². The fourth-order valence-corrected chi connectivity index (χ4v) is 1.94. The van der Waals surface area contributed by atoms with Gasteiger partial charge in [-0.1, -0.05) is 0 Å². The fourth-order valence-electron chi connectivity index (χ4n) is 0.373. The average molecular weight is 418 g/mol. The molecule has 0 aromatic heterocycles. The van der Waals surface area contributed by atoms with Gasteiger partial charge >= 0.3 is 100 Å². The summed E-state index contributed by atoms with van der Waals surface area (Å²) in [7, 11) is 0. The van der Waals surface area contributed by atoms with Crippen molar-refractivity contribution in [1.82, 2.24) is 0 Å². The van der Waals surface area contributed by atoms with Crippen LogP contribution in [-0.4, -0.2) is 44.4 Å². The van der Waals surface area contributed by atoms with Crippen LogP contribution < -0.4 is 24.8 Å². The summed E-state index contributed by atoms with van der Waals surface area (Å²) in [6, 6.07) is 0. The molecule has 0 radical (unpaired) electrons. The maximum Gasteiger partial charge on any atom is 4.00 e. The van der Waals surface area contributed by atoms with Crippen LogP contribution in [0.25, 0.3) is 0 Å². The second kappa shape index (κ2) is 15.9. The standard InChI is InChI=1S/2C3H3AsN.2ClH.Zr/c2*1-2-4-5-3-1;;;/h2*1-2,4H;2*1H;/q2*-1;;;+4/p-2. The molecule has 2 atom stereocenters. The van der Waals surface area contributed by atoms with Crippen molar-refractivity contribution in [3.63, 3.8) is 0 Å². The molecule has 0 saturated carbocycles. The summed E-state index contributed by atoms with van der Waals surface area (Å²) < 4.78 is 7.69. The largest absolute Gasteiger partial charge is 4.00 e. The molecule has 2 nitrogen and oxygen atoms in total. The Morgan fingerprint density at radius 1 is 0.846 bits per heavy atom. The Labute approximate surface area is 124 Å². The third-order valence-electron chi connectivity index (χ3n) is 0.723. The van der Waals surface area contributed by atoms with E-state index in [1.807, 2.05) is 12.2 Å². The van der Waals surface area contributed by atoms with E-state index in [9.17, 15) is 0 Å². The van der Waals surface area contributed by atoms with Crippen LogP contribution in [0.15, 0.2) is 29.7 Å². The van der Waals surface area contributed by atoms with Crippen molar-refractivity contribution in [2.45, 2.75) is 0 Å². The van der Waals surface area contributed by atoms with Gasteiger partial charge < -0.3 is 24.8 Å². The van der Waals surface area contributed by atoms with Crippen molar-refractivity contribution < 1.29 is 51.0 Å². The minimum atomic E-state index is -0.0278. The molecule has 0 saturated heterocycles. The van der Waals surface area contributed by atoms with E-state index in [1.54, 1.807) is 0 Å². The van der Waals surface area contributed by atoms with Crippen LogP contribution in [0.4, 0.5) is 0 Å². The molecular weight excluding hydrogens is 412 g/mol. The molecule has 0 aromatic carbocycles. The summed E-state index contributed by atoms with van der Waals surface area (Å²) in [6.07, 6.45) is 9.19. The van der Waals surface area contributed by atoms with Crippen molar-refractivity contribution in [1.29, 1.82) is 0 Å². The third-order valence-corrected chi connectivity index (χ3v) is 3.13. The van der Waals surface area contributed by atoms with Crippen LogP contribution in [0.5, 0.6) is 0 Å². The summed E-state index contributed by atoms with van der Waals surface area (Å²) in [5, 5.41) is 0. The topological polar surface area (TPSA) is 24.7 Å². The summed E-state index contributed by atoms with van der Waals surface area (Å²) >= 11 is -0.0556. The first-order chi connectivity index (χ1) is 5.00. The number of hydrogen-bond acceptors (Lipinski definition) is 2. The molecule has 2 rings (SSSR count). The first kappa shape index (κ1) is 19.9. The zero-order valence-electron chi connectivity index (χ0n) is 6.46. The van der Waals surface area contributed by atoms with E-state index in [2.05, 4.69) is 30.0 Å². The Kier molecular flexibility index (Phi) is 24.3. The second-order valence-corrected chi connectivity index (χ2v) is 4.83. The Morgan fingerprint density at radius 3 is 1.31 bits per heavy atom. The average Bonchev–Trinajstić information content (AvgIpc) is 2.67. The molecule has 0 aliphatic carbocycles. The van der Waals surface area contributed by atoms with E-state index in [-0.39, 0.29) is 83.0 Å². The van der Waals surface area contributed by atoms with Gasteiger partial charge in [0.25, 0.3) is 0 Å². The molecule has 2 unspecified atom stereocenters. The summed E-state index contributed by atoms with van der Waals surface area (Å²) in [5.74, 6) is 0. The Bertz CT molecular complexity index is 165. The Morgan fingerprint density at radius 2 is 1.23 bits per heavy atom. The van der Waals surface area contributed by atoms with Gasteiger partial charge in [-0.15, -0.1) is 0 Å². The number of halogens is 2. The van der Waals surface area contributed by atoms with Crippen molar-refractivity contribution in [2.24, 2.45) is 7.82 Å². The maximum absolute atomic E-state index is 3.85. The van der Waals surface area contributed by atoms with Crippen LogP contribution in [0.3, 0.4) is 0 Å². The molecule has 0 aromatic rings. The number of nitrogens with zero attached hydrogens (tertiary/aromatic N) is 2. The first-order valence-corrected chi connectivity index (χ1v) is 7.02. The molecule has 0 spiro atoms. The summed E-state index contributed by atoms with van der Waals surface area (Å²) in [4.78, 5) is 4.17. The zero-order valence-corrected chi connectivity index (χ0v) is 14.6. The minimum absolute atomic E-state index is 0. The van der Waals surface area contributed by atoms with Gasteiger partial charge in [0.15, 0.2) is 0 Å². The van der Waals surface area contributed by atoms with Crippen LogP contribution in [-0.2, 0) is 26.2 Å². The minimum Gasteiger partial charge on any atom is -1.00 e. The number of hydrogen-bond donors (Lipinski definition) is 0. The smallest absolute Gasteiger partial charge is 1.00 e. The molecular formula is C6H6As2Cl2N2Zr. The molecule has 2 heterocycles. The van der Waals surface area contributed by atoms with Gasteiger partial charge in [-0.2, -0.15) is 0 Å². The predicted molar refractivity (Wildman–Crippen MR) is 47.4 cm³/mol. The van der Waals surface area contributed by atoms with Gasteiger partial charge in [-0.3, -0.25) is 0 Å².